The Morgan fingerprint density at radius 3 is 2.55 bits per heavy atom. The SMILES string of the molecule is Cc1ccccc1OCc1ccc(CNC(=O)[C@@H]2CCCN2S(=O)(=O)c2ccc(Cl)s2)cc1. The van der Waals surface area contributed by atoms with Gasteiger partial charge in [-0.3, -0.25) is 4.79 Å². The molecular formula is C24H25ClN2O4S2. The Morgan fingerprint density at radius 1 is 1.12 bits per heavy atom. The van der Waals surface area contributed by atoms with E-state index in [2.05, 4.69) is 5.32 Å². The molecule has 1 amide bonds. The molecular weight excluding hydrogens is 480 g/mol. The van der Waals surface area contributed by atoms with Crippen molar-refractivity contribution in [3.8, 4) is 5.75 Å². The second kappa shape index (κ2) is 10.3. The van der Waals surface area contributed by atoms with Gasteiger partial charge in [-0.2, -0.15) is 4.31 Å². The van der Waals surface area contributed by atoms with Crippen molar-refractivity contribution in [1.82, 2.24) is 9.62 Å². The van der Waals surface area contributed by atoms with Crippen molar-refractivity contribution in [3.63, 3.8) is 0 Å². The number of nitrogens with zero attached hydrogens (tertiary/aromatic N) is 1. The third-order valence-corrected chi connectivity index (χ3v) is 9.20. The molecule has 2 aromatic carbocycles. The molecule has 1 aliphatic heterocycles. The number of thiophene rings is 1. The van der Waals surface area contributed by atoms with E-state index in [0.717, 1.165) is 33.8 Å². The number of para-hydroxylation sites is 1. The van der Waals surface area contributed by atoms with Crippen LogP contribution in [0.3, 0.4) is 0 Å². The summed E-state index contributed by atoms with van der Waals surface area (Å²) in [5, 5.41) is 2.89. The Bertz CT molecular complexity index is 1230. The molecule has 0 radical (unpaired) electrons. The summed E-state index contributed by atoms with van der Waals surface area (Å²) in [6, 6.07) is 18.0. The molecule has 1 aliphatic rings. The standard InChI is InChI=1S/C24H25ClN2O4S2/c1-17-5-2-3-7-21(17)31-16-19-10-8-18(9-11-19)15-26-24(28)20-6-4-14-27(20)33(29,30)23-13-12-22(25)32-23/h2-3,5,7-13,20H,4,6,14-16H2,1H3,(H,26,28)/t20-/m0/s1. The Kier molecular flexibility index (Phi) is 7.38. The first-order chi connectivity index (χ1) is 15.8. The predicted octanol–water partition coefficient (Wildman–Crippen LogP) is 4.76. The van der Waals surface area contributed by atoms with Gasteiger partial charge in [0.05, 0.1) is 4.34 Å². The van der Waals surface area contributed by atoms with Crippen LogP contribution >= 0.6 is 22.9 Å². The van der Waals surface area contributed by atoms with Crippen LogP contribution in [0.25, 0.3) is 0 Å². The van der Waals surface area contributed by atoms with Crippen molar-refractivity contribution in [2.75, 3.05) is 6.54 Å². The molecule has 4 rings (SSSR count). The van der Waals surface area contributed by atoms with Crippen molar-refractivity contribution in [2.24, 2.45) is 0 Å². The first-order valence-corrected chi connectivity index (χ1v) is 13.3. The van der Waals surface area contributed by atoms with Crippen LogP contribution in [0.15, 0.2) is 64.9 Å². The maximum atomic E-state index is 12.9. The van der Waals surface area contributed by atoms with E-state index in [-0.39, 0.29) is 10.1 Å². The second-order valence-electron chi connectivity index (χ2n) is 7.92. The van der Waals surface area contributed by atoms with E-state index in [4.69, 9.17) is 16.3 Å². The number of nitrogens with one attached hydrogen (secondary N) is 1. The van der Waals surface area contributed by atoms with Gasteiger partial charge < -0.3 is 10.1 Å². The third-order valence-electron chi connectivity index (χ3n) is 5.60. The van der Waals surface area contributed by atoms with Crippen molar-refractivity contribution >= 4 is 38.9 Å². The maximum Gasteiger partial charge on any atom is 0.253 e. The monoisotopic (exact) mass is 504 g/mol. The largest absolute Gasteiger partial charge is 0.489 e. The lowest BCUT2D eigenvalue weighted by Crippen LogP contribution is -2.45. The molecule has 0 saturated carbocycles. The van der Waals surface area contributed by atoms with E-state index >= 15 is 0 Å². The number of aryl methyl sites for hydroxylation is 1. The number of amides is 1. The van der Waals surface area contributed by atoms with E-state index in [1.807, 2.05) is 55.5 Å². The molecule has 0 aliphatic carbocycles. The second-order valence-corrected chi connectivity index (χ2v) is 11.8. The summed E-state index contributed by atoms with van der Waals surface area (Å²) in [7, 11) is -3.74. The van der Waals surface area contributed by atoms with Crippen LogP contribution in [0.4, 0.5) is 0 Å². The van der Waals surface area contributed by atoms with E-state index in [1.165, 1.54) is 10.4 Å². The summed E-state index contributed by atoms with van der Waals surface area (Å²) in [4.78, 5) is 12.8. The molecule has 174 valence electrons. The van der Waals surface area contributed by atoms with Crippen LogP contribution < -0.4 is 10.1 Å². The van der Waals surface area contributed by atoms with Gasteiger partial charge in [0, 0.05) is 13.1 Å². The zero-order valence-corrected chi connectivity index (χ0v) is 20.5. The Labute approximate surface area is 203 Å². The molecule has 6 nitrogen and oxygen atoms in total. The van der Waals surface area contributed by atoms with Crippen LogP contribution in [0, 0.1) is 6.92 Å². The predicted molar refractivity (Wildman–Crippen MR) is 130 cm³/mol. The quantitative estimate of drug-likeness (QED) is 0.480. The average molecular weight is 505 g/mol. The summed E-state index contributed by atoms with van der Waals surface area (Å²) in [6.45, 7) is 3.12. The lowest BCUT2D eigenvalue weighted by atomic mass is 10.1. The molecule has 1 saturated heterocycles. The van der Waals surface area contributed by atoms with Crippen LogP contribution in [0.2, 0.25) is 4.34 Å². The van der Waals surface area contributed by atoms with Crippen LogP contribution in [0.1, 0.15) is 29.5 Å². The zero-order chi connectivity index (χ0) is 23.4. The fourth-order valence-electron chi connectivity index (χ4n) is 3.78. The number of sulfonamides is 1. The van der Waals surface area contributed by atoms with Gasteiger partial charge in [-0.15, -0.1) is 11.3 Å². The van der Waals surface area contributed by atoms with Gasteiger partial charge in [-0.05, 0) is 54.7 Å². The topological polar surface area (TPSA) is 75.7 Å². The summed E-state index contributed by atoms with van der Waals surface area (Å²) >= 11 is 6.91. The summed E-state index contributed by atoms with van der Waals surface area (Å²) in [6.07, 6.45) is 1.14. The number of rotatable bonds is 8. The molecule has 1 N–H and O–H groups in total. The van der Waals surface area contributed by atoms with Gasteiger partial charge >= 0.3 is 0 Å². The van der Waals surface area contributed by atoms with Crippen LogP contribution in [-0.2, 0) is 28.0 Å². The molecule has 0 bridgehead atoms. The molecule has 0 unspecified atom stereocenters. The van der Waals surface area contributed by atoms with Gasteiger partial charge in [-0.25, -0.2) is 8.42 Å². The molecule has 33 heavy (non-hydrogen) atoms. The minimum Gasteiger partial charge on any atom is -0.489 e. The number of carbonyl (C=O) groups is 1. The molecule has 3 aromatic rings. The normalized spacial score (nSPS) is 16.6. The summed E-state index contributed by atoms with van der Waals surface area (Å²) in [5.41, 5.74) is 3.04. The zero-order valence-electron chi connectivity index (χ0n) is 18.2. The number of carbonyl (C=O) groups excluding carboxylic acids is 1. The molecule has 1 atom stereocenters. The number of hydrogen-bond donors (Lipinski definition) is 1. The highest BCUT2D eigenvalue weighted by atomic mass is 35.5. The minimum absolute atomic E-state index is 0.163. The van der Waals surface area contributed by atoms with Crippen molar-refractivity contribution in [1.29, 1.82) is 0 Å². The maximum absolute atomic E-state index is 12.9. The van der Waals surface area contributed by atoms with E-state index < -0.39 is 16.1 Å². The molecule has 1 aromatic heterocycles. The lowest BCUT2D eigenvalue weighted by Gasteiger charge is -2.22. The number of ether oxygens (including phenoxy) is 1. The van der Waals surface area contributed by atoms with Gasteiger partial charge in [0.15, 0.2) is 0 Å². The average Bonchev–Trinajstić information content (AvgIpc) is 3.48. The number of benzene rings is 2. The molecule has 9 heteroatoms. The van der Waals surface area contributed by atoms with E-state index in [0.29, 0.717) is 36.9 Å². The number of halogens is 1. The minimum atomic E-state index is -3.74. The highest BCUT2D eigenvalue weighted by Gasteiger charge is 2.39. The van der Waals surface area contributed by atoms with Gasteiger partial charge in [-0.1, -0.05) is 54.1 Å². The lowest BCUT2D eigenvalue weighted by molar-refractivity contribution is -0.124. The van der Waals surface area contributed by atoms with Crippen LogP contribution in [0.5, 0.6) is 5.75 Å². The summed E-state index contributed by atoms with van der Waals surface area (Å²) < 4.78 is 33.6. The fraction of sp³-hybridized carbons (Fsp3) is 0.292. The molecule has 2 heterocycles. The van der Waals surface area contributed by atoms with Gasteiger partial charge in [0.1, 0.15) is 22.6 Å². The smallest absolute Gasteiger partial charge is 0.253 e. The van der Waals surface area contributed by atoms with Gasteiger partial charge in [0.2, 0.25) is 5.91 Å². The highest BCUT2D eigenvalue weighted by molar-refractivity contribution is 7.91. The van der Waals surface area contributed by atoms with Crippen molar-refractivity contribution in [3.05, 3.63) is 81.7 Å². The van der Waals surface area contributed by atoms with Gasteiger partial charge in [0.25, 0.3) is 10.0 Å². The van der Waals surface area contributed by atoms with Crippen molar-refractivity contribution in [2.45, 2.75) is 43.2 Å². The Morgan fingerprint density at radius 2 is 1.85 bits per heavy atom. The third kappa shape index (κ3) is 5.58. The first kappa shape index (κ1) is 23.8. The number of hydrogen-bond acceptors (Lipinski definition) is 5. The Hall–Kier alpha value is -2.39. The van der Waals surface area contributed by atoms with E-state index in [9.17, 15) is 13.2 Å². The van der Waals surface area contributed by atoms with Crippen molar-refractivity contribution < 1.29 is 17.9 Å². The first-order valence-electron chi connectivity index (χ1n) is 10.7. The molecule has 0 spiro atoms. The molecule has 1 fully saturated rings. The van der Waals surface area contributed by atoms with E-state index in [1.54, 1.807) is 6.07 Å². The summed E-state index contributed by atoms with van der Waals surface area (Å²) in [5.74, 6) is 0.570. The highest BCUT2D eigenvalue weighted by Crippen LogP contribution is 2.32. The van der Waals surface area contributed by atoms with Crippen LogP contribution in [-0.4, -0.2) is 31.2 Å². The fourth-order valence-corrected chi connectivity index (χ4v) is 7.05. The Balaban J connectivity index is 1.33.